The van der Waals surface area contributed by atoms with Crippen LogP contribution in [0.5, 0.6) is 0 Å². The Kier molecular flexibility index (Phi) is 4.65. The summed E-state index contributed by atoms with van der Waals surface area (Å²) >= 11 is 0. The maximum atomic E-state index is 2.43. The molecule has 1 aromatic heterocycles. The smallest absolute Gasteiger partial charge is 0.0738 e. The molecule has 0 atom stereocenters. The standard InChI is InChI=1S/C35H30N2/c1-21-18-22(2)33-31(19-21)36(4)35-32-29-17-11-10-15-27(29)25-13-7-6-12-24(25)26-14-8-9-16-28(26)30(32)20-23(3)34(35)37(33)5/h6-20H,1-5H3. The van der Waals surface area contributed by atoms with Crippen molar-refractivity contribution in [2.45, 2.75) is 20.8 Å². The highest BCUT2D eigenvalue weighted by atomic mass is 15.0. The molecule has 0 fully saturated rings. The lowest BCUT2D eigenvalue weighted by molar-refractivity contribution is 0.931. The monoisotopic (exact) mass is 478 g/mol. The minimum absolute atomic E-state index is 1.26. The first-order valence-electron chi connectivity index (χ1n) is 13.0. The number of rotatable bonds is 0. The van der Waals surface area contributed by atoms with Gasteiger partial charge >= 0.3 is 0 Å². The summed E-state index contributed by atoms with van der Waals surface area (Å²) < 4.78 is 4.85. The summed E-state index contributed by atoms with van der Waals surface area (Å²) in [6.45, 7) is 6.69. The summed E-state index contributed by atoms with van der Waals surface area (Å²) in [5, 5.41) is 10.3. The highest BCUT2D eigenvalue weighted by Gasteiger charge is 2.17. The molecule has 0 aliphatic heterocycles. The van der Waals surface area contributed by atoms with Gasteiger partial charge in [0.1, 0.15) is 0 Å². The van der Waals surface area contributed by atoms with Gasteiger partial charge < -0.3 is 9.13 Å². The molecule has 7 aromatic rings. The van der Waals surface area contributed by atoms with Gasteiger partial charge in [0.25, 0.3) is 0 Å². The second-order valence-electron chi connectivity index (χ2n) is 10.5. The Morgan fingerprint density at radius 3 is 1.46 bits per heavy atom. The molecule has 0 aliphatic carbocycles. The topological polar surface area (TPSA) is 9.86 Å². The second-order valence-corrected chi connectivity index (χ2v) is 10.5. The number of nitrogens with zero attached hydrogens (tertiary/aromatic N) is 2. The van der Waals surface area contributed by atoms with Crippen LogP contribution in [-0.2, 0) is 14.1 Å². The molecule has 0 aliphatic rings. The molecule has 2 nitrogen and oxygen atoms in total. The van der Waals surface area contributed by atoms with E-state index >= 15 is 0 Å². The van der Waals surface area contributed by atoms with Gasteiger partial charge in [-0.05, 0) is 87.3 Å². The number of fused-ring (bicyclic) bond motifs is 11. The normalized spacial score (nSPS) is 11.9. The van der Waals surface area contributed by atoms with E-state index in [1.807, 2.05) is 0 Å². The Balaban J connectivity index is 1.95. The number of benzene rings is 5. The Morgan fingerprint density at radius 1 is 0.432 bits per heavy atom. The fourth-order valence-corrected chi connectivity index (χ4v) is 6.73. The van der Waals surface area contributed by atoms with Crippen molar-refractivity contribution >= 4 is 65.2 Å². The maximum absolute atomic E-state index is 2.43. The van der Waals surface area contributed by atoms with Crippen LogP contribution in [0, 0.1) is 20.8 Å². The lowest BCUT2D eigenvalue weighted by Gasteiger charge is -2.22. The molecule has 37 heavy (non-hydrogen) atoms. The lowest BCUT2D eigenvalue weighted by atomic mass is 9.92. The lowest BCUT2D eigenvalue weighted by Crippen LogP contribution is -2.08. The van der Waals surface area contributed by atoms with E-state index in [1.165, 1.54) is 81.8 Å². The van der Waals surface area contributed by atoms with Gasteiger partial charge in [-0.25, -0.2) is 0 Å². The van der Waals surface area contributed by atoms with Gasteiger partial charge in [-0.15, -0.1) is 0 Å². The van der Waals surface area contributed by atoms with Crippen molar-refractivity contribution in [3.8, 4) is 0 Å². The van der Waals surface area contributed by atoms with Gasteiger partial charge in [0.2, 0.25) is 0 Å². The first-order valence-corrected chi connectivity index (χ1v) is 13.0. The van der Waals surface area contributed by atoms with E-state index in [-0.39, 0.29) is 0 Å². The van der Waals surface area contributed by atoms with Crippen molar-refractivity contribution in [3.05, 3.63) is 108 Å². The van der Waals surface area contributed by atoms with E-state index in [0.29, 0.717) is 0 Å². The number of hydrogen-bond donors (Lipinski definition) is 0. The highest BCUT2D eigenvalue weighted by molar-refractivity contribution is 6.30. The zero-order chi connectivity index (χ0) is 25.4. The van der Waals surface area contributed by atoms with Crippen LogP contribution in [0.15, 0.2) is 91.0 Å². The van der Waals surface area contributed by atoms with Crippen molar-refractivity contribution < 1.29 is 0 Å². The first-order chi connectivity index (χ1) is 18.0. The molecule has 2 heteroatoms. The van der Waals surface area contributed by atoms with Crippen LogP contribution in [0.2, 0.25) is 0 Å². The van der Waals surface area contributed by atoms with E-state index in [9.17, 15) is 0 Å². The summed E-state index contributed by atoms with van der Waals surface area (Å²) in [6, 6.07) is 33.7. The van der Waals surface area contributed by atoms with Crippen molar-refractivity contribution in [1.29, 1.82) is 0 Å². The van der Waals surface area contributed by atoms with Gasteiger partial charge in [0.05, 0.1) is 22.1 Å². The maximum Gasteiger partial charge on any atom is 0.0738 e. The predicted octanol–water partition coefficient (Wildman–Crippen LogP) is 9.33. The summed E-state index contributed by atoms with van der Waals surface area (Å²) in [4.78, 5) is 0. The summed E-state index contributed by atoms with van der Waals surface area (Å²) in [6.07, 6.45) is 0. The molecule has 180 valence electrons. The minimum Gasteiger partial charge on any atom is -0.341 e. The van der Waals surface area contributed by atoms with Gasteiger partial charge in [0, 0.05) is 19.5 Å². The van der Waals surface area contributed by atoms with Crippen LogP contribution in [0.25, 0.3) is 65.2 Å². The van der Waals surface area contributed by atoms with E-state index in [2.05, 4.69) is 135 Å². The van der Waals surface area contributed by atoms with Crippen molar-refractivity contribution in [2.75, 3.05) is 0 Å². The van der Waals surface area contributed by atoms with E-state index in [1.54, 1.807) is 0 Å². The summed E-state index contributed by atoms with van der Waals surface area (Å²) in [5.41, 5.74) is 8.98. The number of aromatic nitrogens is 2. The van der Waals surface area contributed by atoms with Gasteiger partial charge in [-0.1, -0.05) is 78.9 Å². The SMILES string of the molecule is Cc1cc(C)c2c(c1)n(C)c1c3c4ccccc4c4ccccc4c4ccccc4c3cc(C)c1n2C. The van der Waals surface area contributed by atoms with Crippen LogP contribution in [0.3, 0.4) is 0 Å². The van der Waals surface area contributed by atoms with Crippen molar-refractivity contribution in [2.24, 2.45) is 14.1 Å². The van der Waals surface area contributed by atoms with Crippen molar-refractivity contribution in [1.82, 2.24) is 9.13 Å². The van der Waals surface area contributed by atoms with Gasteiger partial charge in [-0.2, -0.15) is 0 Å². The highest BCUT2D eigenvalue weighted by Crippen LogP contribution is 2.40. The molecular weight excluding hydrogens is 448 g/mol. The largest absolute Gasteiger partial charge is 0.341 e. The Morgan fingerprint density at radius 2 is 0.892 bits per heavy atom. The molecule has 0 unspecified atom stereocenters. The quantitative estimate of drug-likeness (QED) is 0.192. The molecular formula is C35H30N2. The fourth-order valence-electron chi connectivity index (χ4n) is 6.73. The molecule has 0 saturated carbocycles. The molecule has 1 heterocycles. The third-order valence-electron chi connectivity index (χ3n) is 8.18. The predicted molar refractivity (Wildman–Crippen MR) is 161 cm³/mol. The van der Waals surface area contributed by atoms with Crippen LogP contribution in [-0.4, -0.2) is 9.13 Å². The zero-order valence-corrected chi connectivity index (χ0v) is 22.1. The molecule has 0 saturated heterocycles. The zero-order valence-electron chi connectivity index (χ0n) is 22.1. The average molecular weight is 479 g/mol. The van der Waals surface area contributed by atoms with Crippen molar-refractivity contribution in [3.63, 3.8) is 0 Å². The van der Waals surface area contributed by atoms with E-state index in [4.69, 9.17) is 0 Å². The van der Waals surface area contributed by atoms with Crippen LogP contribution in [0.1, 0.15) is 16.7 Å². The average Bonchev–Trinajstić information content (AvgIpc) is 2.90. The van der Waals surface area contributed by atoms with Gasteiger partial charge in [0.15, 0.2) is 0 Å². The third-order valence-corrected chi connectivity index (χ3v) is 8.18. The molecule has 0 bridgehead atoms. The van der Waals surface area contributed by atoms with Crippen LogP contribution >= 0.6 is 0 Å². The first kappa shape index (κ1) is 21.9. The molecule has 0 N–H and O–H groups in total. The molecule has 0 amide bonds. The summed E-state index contributed by atoms with van der Waals surface area (Å²) in [7, 11) is 4.47. The van der Waals surface area contributed by atoms with Crippen LogP contribution in [0.4, 0.5) is 0 Å². The van der Waals surface area contributed by atoms with Gasteiger partial charge in [-0.3, -0.25) is 0 Å². The fraction of sp³-hybridized carbons (Fsp3) is 0.143. The second kappa shape index (κ2) is 7.85. The Bertz CT molecular complexity index is 2140. The molecule has 6 aromatic carbocycles. The molecule has 0 spiro atoms. The Labute approximate surface area is 216 Å². The Hall–Kier alpha value is -4.30. The van der Waals surface area contributed by atoms with Crippen LogP contribution < -0.4 is 0 Å². The molecule has 7 rings (SSSR count). The minimum atomic E-state index is 1.26. The molecule has 0 radical (unpaired) electrons. The van der Waals surface area contributed by atoms with E-state index in [0.717, 1.165) is 0 Å². The third kappa shape index (κ3) is 2.99. The number of hydrogen-bond acceptors (Lipinski definition) is 0. The van der Waals surface area contributed by atoms with E-state index < -0.39 is 0 Å². The summed E-state index contributed by atoms with van der Waals surface area (Å²) in [5.74, 6) is 0. The number of aryl methyl sites for hydroxylation is 5.